The second-order valence-electron chi connectivity index (χ2n) is 10.1. The van der Waals surface area contributed by atoms with Gasteiger partial charge in [0.25, 0.3) is 0 Å². The van der Waals surface area contributed by atoms with E-state index in [1.807, 2.05) is 59.6 Å². The number of piperidine rings is 1. The third-order valence-corrected chi connectivity index (χ3v) is 7.56. The normalized spacial score (nSPS) is 16.9. The van der Waals surface area contributed by atoms with Crippen molar-refractivity contribution in [2.24, 2.45) is 0 Å². The second kappa shape index (κ2) is 11.1. The number of aromatic nitrogens is 3. The molecular formula is C31H32N6O2. The first-order valence-electron chi connectivity index (χ1n) is 13.5. The van der Waals surface area contributed by atoms with Crippen LogP contribution in [0.1, 0.15) is 35.6 Å². The summed E-state index contributed by atoms with van der Waals surface area (Å²) in [6, 6.07) is 21.7. The van der Waals surface area contributed by atoms with Crippen molar-refractivity contribution in [2.45, 2.75) is 31.7 Å². The van der Waals surface area contributed by atoms with Crippen molar-refractivity contribution in [3.05, 3.63) is 95.9 Å². The predicted octanol–water partition coefficient (Wildman–Crippen LogP) is 5.52. The zero-order valence-corrected chi connectivity index (χ0v) is 22.1. The molecule has 2 aromatic carbocycles. The number of anilines is 2. The van der Waals surface area contributed by atoms with Gasteiger partial charge >= 0.3 is 6.03 Å². The van der Waals surface area contributed by atoms with Gasteiger partial charge in [-0.15, -0.1) is 0 Å². The fourth-order valence-corrected chi connectivity index (χ4v) is 5.52. The largest absolute Gasteiger partial charge is 0.497 e. The number of hydrogen-bond donors (Lipinski definition) is 1. The minimum Gasteiger partial charge on any atom is -0.497 e. The van der Waals surface area contributed by atoms with Gasteiger partial charge in [-0.1, -0.05) is 30.3 Å². The van der Waals surface area contributed by atoms with Gasteiger partial charge in [0.05, 0.1) is 19.3 Å². The van der Waals surface area contributed by atoms with Crippen LogP contribution < -0.4 is 15.0 Å². The standard InChI is InChI=1S/C31H32N6O2/c1-39-26-13-5-8-22(18-26)24-10-7-16-36(20-24)30-27-21-37(31(38)33-25-11-3-2-4-12-25)17-14-28(27)34-29(35-30)23-9-6-15-32-19-23/h2-6,8-9,11-13,15,18-19,24H,7,10,14,16-17,20-21H2,1H3,(H,33,38). The molecule has 0 aliphatic carbocycles. The fraction of sp³-hybridized carbons (Fsp3) is 0.290. The molecule has 0 saturated carbocycles. The van der Waals surface area contributed by atoms with Crippen molar-refractivity contribution in [1.29, 1.82) is 0 Å². The predicted molar refractivity (Wildman–Crippen MR) is 152 cm³/mol. The van der Waals surface area contributed by atoms with Gasteiger partial charge in [0.15, 0.2) is 5.82 Å². The zero-order chi connectivity index (χ0) is 26.6. The molecule has 39 heavy (non-hydrogen) atoms. The van der Waals surface area contributed by atoms with Crippen molar-refractivity contribution < 1.29 is 9.53 Å². The number of methoxy groups -OCH3 is 1. The topological polar surface area (TPSA) is 83.5 Å². The molecule has 198 valence electrons. The van der Waals surface area contributed by atoms with Gasteiger partial charge in [0.1, 0.15) is 11.6 Å². The molecule has 2 aliphatic heterocycles. The van der Waals surface area contributed by atoms with Crippen molar-refractivity contribution in [3.63, 3.8) is 0 Å². The number of pyridine rings is 1. The zero-order valence-electron chi connectivity index (χ0n) is 22.1. The molecule has 0 bridgehead atoms. The van der Waals surface area contributed by atoms with Crippen molar-refractivity contribution in [1.82, 2.24) is 19.9 Å². The lowest BCUT2D eigenvalue weighted by Crippen LogP contribution is -2.41. The van der Waals surface area contributed by atoms with Crippen molar-refractivity contribution in [2.75, 3.05) is 37.0 Å². The second-order valence-corrected chi connectivity index (χ2v) is 10.1. The third kappa shape index (κ3) is 5.41. The summed E-state index contributed by atoms with van der Waals surface area (Å²) in [6.45, 7) is 2.82. The lowest BCUT2D eigenvalue weighted by molar-refractivity contribution is 0.206. The lowest BCUT2D eigenvalue weighted by atomic mass is 9.90. The Hall–Kier alpha value is -4.46. The van der Waals surface area contributed by atoms with E-state index in [2.05, 4.69) is 33.4 Å². The molecule has 1 atom stereocenters. The van der Waals surface area contributed by atoms with Crippen LogP contribution in [0.25, 0.3) is 11.4 Å². The molecule has 2 aliphatic rings. The van der Waals surface area contributed by atoms with Crippen LogP contribution in [0, 0.1) is 0 Å². The average molecular weight is 521 g/mol. The summed E-state index contributed by atoms with van der Waals surface area (Å²) < 4.78 is 5.49. The number of ether oxygens (including phenoxy) is 1. The molecule has 6 rings (SSSR count). The Kier molecular flexibility index (Phi) is 7.08. The molecule has 1 fully saturated rings. The van der Waals surface area contributed by atoms with E-state index < -0.39 is 0 Å². The van der Waals surface area contributed by atoms with Crippen LogP contribution in [0.4, 0.5) is 16.3 Å². The molecule has 4 aromatic rings. The van der Waals surface area contributed by atoms with Crippen molar-refractivity contribution >= 4 is 17.5 Å². The highest BCUT2D eigenvalue weighted by molar-refractivity contribution is 5.89. The molecule has 1 saturated heterocycles. The summed E-state index contributed by atoms with van der Waals surface area (Å²) in [5.41, 5.74) is 4.99. The van der Waals surface area contributed by atoms with Gasteiger partial charge in [-0.2, -0.15) is 0 Å². The summed E-state index contributed by atoms with van der Waals surface area (Å²) in [5, 5.41) is 3.03. The van der Waals surface area contributed by atoms with Gasteiger partial charge < -0.3 is 19.9 Å². The van der Waals surface area contributed by atoms with E-state index in [0.717, 1.165) is 60.0 Å². The first-order chi connectivity index (χ1) is 19.2. The number of nitrogens with zero attached hydrogens (tertiary/aromatic N) is 5. The number of amides is 2. The van der Waals surface area contributed by atoms with Crippen LogP contribution in [-0.2, 0) is 13.0 Å². The quantitative estimate of drug-likeness (QED) is 0.373. The minimum absolute atomic E-state index is 0.109. The van der Waals surface area contributed by atoms with E-state index in [-0.39, 0.29) is 6.03 Å². The van der Waals surface area contributed by atoms with E-state index in [1.165, 1.54) is 5.56 Å². The molecule has 2 amide bonds. The third-order valence-electron chi connectivity index (χ3n) is 7.56. The van der Waals surface area contributed by atoms with E-state index >= 15 is 0 Å². The maximum Gasteiger partial charge on any atom is 0.322 e. The van der Waals surface area contributed by atoms with Crippen LogP contribution in [0.15, 0.2) is 79.1 Å². The molecule has 8 heteroatoms. The van der Waals surface area contributed by atoms with Gasteiger partial charge in [-0.25, -0.2) is 14.8 Å². The number of rotatable bonds is 5. The number of hydrogen-bond acceptors (Lipinski definition) is 6. The lowest BCUT2D eigenvalue weighted by Gasteiger charge is -2.37. The van der Waals surface area contributed by atoms with Gasteiger partial charge in [-0.3, -0.25) is 4.98 Å². The molecule has 0 radical (unpaired) electrons. The highest BCUT2D eigenvalue weighted by Gasteiger charge is 2.30. The maximum atomic E-state index is 13.2. The molecule has 1 N–H and O–H groups in total. The monoisotopic (exact) mass is 520 g/mol. The van der Waals surface area contributed by atoms with E-state index in [9.17, 15) is 4.79 Å². The SMILES string of the molecule is COc1cccc(C2CCCN(c3nc(-c4cccnc4)nc4c3CN(C(=O)Nc3ccccc3)CC4)C2)c1. The highest BCUT2D eigenvalue weighted by atomic mass is 16.5. The van der Waals surface area contributed by atoms with Crippen molar-refractivity contribution in [3.8, 4) is 17.1 Å². The average Bonchev–Trinajstić information content (AvgIpc) is 3.01. The summed E-state index contributed by atoms with van der Waals surface area (Å²) in [4.78, 5) is 31.8. The Labute approximate surface area is 228 Å². The van der Waals surface area contributed by atoms with Gasteiger partial charge in [-0.05, 0) is 54.8 Å². The Bertz CT molecular complexity index is 1450. The highest BCUT2D eigenvalue weighted by Crippen LogP contribution is 2.35. The van der Waals surface area contributed by atoms with E-state index in [1.54, 1.807) is 13.3 Å². The molecule has 8 nitrogen and oxygen atoms in total. The number of para-hydroxylation sites is 1. The van der Waals surface area contributed by atoms with Crippen LogP contribution in [0.3, 0.4) is 0 Å². The molecular weight excluding hydrogens is 488 g/mol. The Morgan fingerprint density at radius 2 is 1.92 bits per heavy atom. The summed E-state index contributed by atoms with van der Waals surface area (Å²) in [5.74, 6) is 2.84. The van der Waals surface area contributed by atoms with Crippen LogP contribution in [0.5, 0.6) is 5.75 Å². The first-order valence-corrected chi connectivity index (χ1v) is 13.5. The number of carbonyl (C=O) groups is 1. The number of urea groups is 1. The van der Waals surface area contributed by atoms with E-state index in [4.69, 9.17) is 14.7 Å². The minimum atomic E-state index is -0.109. The summed E-state index contributed by atoms with van der Waals surface area (Å²) in [7, 11) is 1.71. The molecule has 1 unspecified atom stereocenters. The Morgan fingerprint density at radius 3 is 2.74 bits per heavy atom. The Balaban J connectivity index is 1.33. The van der Waals surface area contributed by atoms with Gasteiger partial charge in [0.2, 0.25) is 0 Å². The first kappa shape index (κ1) is 24.9. The molecule has 2 aromatic heterocycles. The maximum absolute atomic E-state index is 13.2. The number of benzene rings is 2. The van der Waals surface area contributed by atoms with Crippen LogP contribution >= 0.6 is 0 Å². The Morgan fingerprint density at radius 1 is 1.03 bits per heavy atom. The summed E-state index contributed by atoms with van der Waals surface area (Å²) >= 11 is 0. The fourth-order valence-electron chi connectivity index (χ4n) is 5.52. The number of nitrogens with one attached hydrogen (secondary N) is 1. The van der Waals surface area contributed by atoms with Crippen LogP contribution in [0.2, 0.25) is 0 Å². The summed E-state index contributed by atoms with van der Waals surface area (Å²) in [6.07, 6.45) is 6.41. The number of carbonyl (C=O) groups excluding carboxylic acids is 1. The molecule has 0 spiro atoms. The van der Waals surface area contributed by atoms with Gasteiger partial charge in [0, 0.05) is 61.2 Å². The van der Waals surface area contributed by atoms with Crippen LogP contribution in [-0.4, -0.2) is 52.6 Å². The molecule has 4 heterocycles. The smallest absolute Gasteiger partial charge is 0.322 e. The van der Waals surface area contributed by atoms with E-state index in [0.29, 0.717) is 31.3 Å². The number of fused-ring (bicyclic) bond motifs is 1.